The molecule has 21 heavy (non-hydrogen) atoms. The number of aromatic nitrogens is 2. The molecule has 3 rings (SSSR count). The largest absolute Gasteiger partial charge is 0.484 e. The summed E-state index contributed by atoms with van der Waals surface area (Å²) in [5.74, 6) is -0.0328. The van der Waals surface area contributed by atoms with Gasteiger partial charge >= 0.3 is 0 Å². The Hall–Kier alpha value is -1.84. The molecule has 0 saturated heterocycles. The fourth-order valence-corrected chi connectivity index (χ4v) is 2.88. The van der Waals surface area contributed by atoms with Gasteiger partial charge in [0.1, 0.15) is 6.61 Å². The lowest BCUT2D eigenvalue weighted by Gasteiger charge is -2.21. The number of hydrogen-bond donors (Lipinski definition) is 0. The molecule has 0 N–H and O–H groups in total. The van der Waals surface area contributed by atoms with Crippen LogP contribution in [0.1, 0.15) is 49.4 Å². The SMILES string of the molecule is Cc1ccc(F)c(OCc2ccn(C3CCCCC3)n2)c1. The molecule has 1 aliphatic rings. The highest BCUT2D eigenvalue weighted by Crippen LogP contribution is 2.27. The van der Waals surface area contributed by atoms with E-state index in [9.17, 15) is 4.39 Å². The summed E-state index contributed by atoms with van der Waals surface area (Å²) in [6.07, 6.45) is 8.32. The average Bonchev–Trinajstić information content (AvgIpc) is 2.98. The molecule has 0 aliphatic heterocycles. The summed E-state index contributed by atoms with van der Waals surface area (Å²) in [4.78, 5) is 0. The molecule has 3 nitrogen and oxygen atoms in total. The zero-order valence-electron chi connectivity index (χ0n) is 12.4. The summed E-state index contributed by atoms with van der Waals surface area (Å²) in [7, 11) is 0. The predicted molar refractivity (Wildman–Crippen MR) is 79.8 cm³/mol. The summed E-state index contributed by atoms with van der Waals surface area (Å²) in [5, 5.41) is 4.57. The molecule has 1 aliphatic carbocycles. The first-order valence-electron chi connectivity index (χ1n) is 7.65. The third kappa shape index (κ3) is 3.43. The van der Waals surface area contributed by atoms with Crippen LogP contribution < -0.4 is 4.74 Å². The molecule has 1 fully saturated rings. The van der Waals surface area contributed by atoms with Gasteiger partial charge in [0.2, 0.25) is 0 Å². The molecule has 0 unspecified atom stereocenters. The smallest absolute Gasteiger partial charge is 0.165 e. The minimum Gasteiger partial charge on any atom is -0.484 e. The Balaban J connectivity index is 1.63. The molecular weight excluding hydrogens is 267 g/mol. The van der Waals surface area contributed by atoms with Crippen LogP contribution in [0, 0.1) is 12.7 Å². The Morgan fingerprint density at radius 1 is 1.24 bits per heavy atom. The highest BCUT2D eigenvalue weighted by Gasteiger charge is 2.16. The molecule has 1 heterocycles. The standard InChI is InChI=1S/C17H21FN2O/c1-13-7-8-16(18)17(11-13)21-12-14-9-10-20(19-14)15-5-3-2-4-6-15/h7-11,15H,2-6,12H2,1H3. The Kier molecular flexibility index (Phi) is 4.23. The number of nitrogens with zero attached hydrogens (tertiary/aromatic N) is 2. The second-order valence-electron chi connectivity index (χ2n) is 5.80. The zero-order valence-corrected chi connectivity index (χ0v) is 12.4. The van der Waals surface area contributed by atoms with E-state index in [2.05, 4.69) is 5.10 Å². The van der Waals surface area contributed by atoms with Gasteiger partial charge in [-0.2, -0.15) is 5.10 Å². The van der Waals surface area contributed by atoms with Crippen LogP contribution in [0.3, 0.4) is 0 Å². The molecule has 4 heteroatoms. The van der Waals surface area contributed by atoms with Crippen LogP contribution in [0.15, 0.2) is 30.5 Å². The monoisotopic (exact) mass is 288 g/mol. The maximum absolute atomic E-state index is 13.6. The third-order valence-corrected chi connectivity index (χ3v) is 4.07. The van der Waals surface area contributed by atoms with Gasteiger partial charge in [0.25, 0.3) is 0 Å². The lowest BCUT2D eigenvalue weighted by molar-refractivity contribution is 0.278. The number of benzene rings is 1. The van der Waals surface area contributed by atoms with E-state index in [0.717, 1.165) is 11.3 Å². The summed E-state index contributed by atoms with van der Waals surface area (Å²) in [5.41, 5.74) is 1.83. The molecule has 2 aromatic rings. The van der Waals surface area contributed by atoms with Crippen LogP contribution in [-0.2, 0) is 6.61 Å². The van der Waals surface area contributed by atoms with Crippen LogP contribution >= 0.6 is 0 Å². The Labute approximate surface area is 124 Å². The van der Waals surface area contributed by atoms with Crippen LogP contribution in [0.4, 0.5) is 4.39 Å². The Bertz CT molecular complexity index is 603. The van der Waals surface area contributed by atoms with Crippen molar-refractivity contribution in [3.05, 3.63) is 47.5 Å². The van der Waals surface area contributed by atoms with Gasteiger partial charge in [0.05, 0.1) is 11.7 Å². The van der Waals surface area contributed by atoms with Gasteiger partial charge < -0.3 is 4.74 Å². The van der Waals surface area contributed by atoms with Crippen LogP contribution in [-0.4, -0.2) is 9.78 Å². The number of halogens is 1. The number of rotatable bonds is 4. The topological polar surface area (TPSA) is 27.1 Å². The van der Waals surface area contributed by atoms with Gasteiger partial charge in [-0.25, -0.2) is 4.39 Å². The van der Waals surface area contributed by atoms with E-state index in [1.54, 1.807) is 12.1 Å². The first-order valence-corrected chi connectivity index (χ1v) is 7.65. The van der Waals surface area contributed by atoms with Gasteiger partial charge in [-0.15, -0.1) is 0 Å². The van der Waals surface area contributed by atoms with E-state index < -0.39 is 0 Å². The molecule has 1 saturated carbocycles. The molecule has 0 spiro atoms. The van der Waals surface area contributed by atoms with Crippen molar-refractivity contribution < 1.29 is 9.13 Å². The molecule has 1 aromatic carbocycles. The molecule has 0 bridgehead atoms. The minimum atomic E-state index is -0.327. The molecule has 0 amide bonds. The van der Waals surface area contributed by atoms with Gasteiger partial charge in [-0.1, -0.05) is 25.3 Å². The van der Waals surface area contributed by atoms with Gasteiger partial charge in [-0.05, 0) is 43.5 Å². The van der Waals surface area contributed by atoms with Gasteiger partial charge in [0.15, 0.2) is 11.6 Å². The average molecular weight is 288 g/mol. The normalized spacial score (nSPS) is 16.1. The molecule has 112 valence electrons. The maximum Gasteiger partial charge on any atom is 0.165 e. The highest BCUT2D eigenvalue weighted by molar-refractivity contribution is 5.29. The van der Waals surface area contributed by atoms with Crippen LogP contribution in [0.2, 0.25) is 0 Å². The van der Waals surface area contributed by atoms with Crippen molar-refractivity contribution in [1.82, 2.24) is 9.78 Å². The summed E-state index contributed by atoms with van der Waals surface area (Å²) >= 11 is 0. The van der Waals surface area contributed by atoms with Crippen LogP contribution in [0.25, 0.3) is 0 Å². The first-order chi connectivity index (χ1) is 10.2. The van der Waals surface area contributed by atoms with Crippen molar-refractivity contribution in [2.75, 3.05) is 0 Å². The fraction of sp³-hybridized carbons (Fsp3) is 0.471. The summed E-state index contributed by atoms with van der Waals surface area (Å²) < 4.78 is 21.2. The van der Waals surface area contributed by atoms with Crippen molar-refractivity contribution in [2.24, 2.45) is 0 Å². The van der Waals surface area contributed by atoms with Gasteiger partial charge in [0, 0.05) is 6.20 Å². The molecule has 1 aromatic heterocycles. The first kappa shape index (κ1) is 14.1. The van der Waals surface area contributed by atoms with Crippen molar-refractivity contribution in [3.63, 3.8) is 0 Å². The minimum absolute atomic E-state index is 0.294. The molecular formula is C17H21FN2O. The van der Waals surface area contributed by atoms with Crippen molar-refractivity contribution in [3.8, 4) is 5.75 Å². The molecule has 0 atom stereocenters. The van der Waals surface area contributed by atoms with E-state index in [4.69, 9.17) is 4.74 Å². The van der Waals surface area contributed by atoms with Crippen molar-refractivity contribution in [1.29, 1.82) is 0 Å². The quantitative estimate of drug-likeness (QED) is 0.833. The second-order valence-corrected chi connectivity index (χ2v) is 5.80. The zero-order chi connectivity index (χ0) is 14.7. The Morgan fingerprint density at radius 3 is 2.86 bits per heavy atom. The van der Waals surface area contributed by atoms with E-state index in [1.165, 1.54) is 38.2 Å². The number of hydrogen-bond acceptors (Lipinski definition) is 2. The van der Waals surface area contributed by atoms with E-state index in [1.807, 2.05) is 23.9 Å². The maximum atomic E-state index is 13.6. The van der Waals surface area contributed by atoms with E-state index >= 15 is 0 Å². The fourth-order valence-electron chi connectivity index (χ4n) is 2.88. The summed E-state index contributed by atoms with van der Waals surface area (Å²) in [6.45, 7) is 2.23. The van der Waals surface area contributed by atoms with Crippen molar-refractivity contribution >= 4 is 0 Å². The Morgan fingerprint density at radius 2 is 2.05 bits per heavy atom. The number of aryl methyl sites for hydroxylation is 1. The van der Waals surface area contributed by atoms with Gasteiger partial charge in [-0.3, -0.25) is 4.68 Å². The number of ether oxygens (including phenoxy) is 1. The van der Waals surface area contributed by atoms with Crippen molar-refractivity contribution in [2.45, 2.75) is 51.7 Å². The van der Waals surface area contributed by atoms with E-state index in [-0.39, 0.29) is 5.82 Å². The van der Waals surface area contributed by atoms with E-state index in [0.29, 0.717) is 18.4 Å². The highest BCUT2D eigenvalue weighted by atomic mass is 19.1. The lowest BCUT2D eigenvalue weighted by atomic mass is 9.96. The lowest BCUT2D eigenvalue weighted by Crippen LogP contribution is -2.13. The predicted octanol–water partition coefficient (Wildman–Crippen LogP) is 4.41. The second kappa shape index (κ2) is 6.29. The molecule has 0 radical (unpaired) electrons. The summed E-state index contributed by atoms with van der Waals surface area (Å²) in [6, 6.07) is 7.37. The third-order valence-electron chi connectivity index (χ3n) is 4.07. The van der Waals surface area contributed by atoms with Crippen LogP contribution in [0.5, 0.6) is 5.75 Å².